The summed E-state index contributed by atoms with van der Waals surface area (Å²) in [5.41, 5.74) is 0. The van der Waals surface area contributed by atoms with Crippen LogP contribution in [-0.2, 0) is 19.1 Å². The van der Waals surface area contributed by atoms with E-state index >= 15 is 0 Å². The molecule has 8 nitrogen and oxygen atoms in total. The maximum atomic E-state index is 12.0. The van der Waals surface area contributed by atoms with E-state index in [1.165, 1.54) is 0 Å². The lowest BCUT2D eigenvalue weighted by Gasteiger charge is -2.34. The highest BCUT2D eigenvalue weighted by Gasteiger charge is 2.16. The Labute approximate surface area is 201 Å². The SMILES string of the molecule is CCCCCNC(=O)CCCC(=O)NCCN1CCN(CCCCOCCC(=O)CC)CC1. The molecule has 8 heteroatoms. The third-order valence-corrected chi connectivity index (χ3v) is 6.06. The van der Waals surface area contributed by atoms with Gasteiger partial charge in [-0.3, -0.25) is 19.3 Å². The Morgan fingerprint density at radius 3 is 1.97 bits per heavy atom. The van der Waals surface area contributed by atoms with Crippen molar-refractivity contribution in [2.24, 2.45) is 0 Å². The van der Waals surface area contributed by atoms with Crippen molar-refractivity contribution in [2.45, 2.75) is 78.1 Å². The van der Waals surface area contributed by atoms with E-state index in [-0.39, 0.29) is 17.6 Å². The Bertz CT molecular complexity index is 536. The summed E-state index contributed by atoms with van der Waals surface area (Å²) in [5.74, 6) is 0.353. The van der Waals surface area contributed by atoms with Gasteiger partial charge in [0.15, 0.2) is 0 Å². The third-order valence-electron chi connectivity index (χ3n) is 6.06. The number of piperazine rings is 1. The molecule has 0 atom stereocenters. The zero-order chi connectivity index (χ0) is 24.2. The number of hydrogen-bond donors (Lipinski definition) is 2. The van der Waals surface area contributed by atoms with Crippen molar-refractivity contribution >= 4 is 17.6 Å². The number of ether oxygens (including phenoxy) is 1. The van der Waals surface area contributed by atoms with Gasteiger partial charge in [0, 0.05) is 78.1 Å². The van der Waals surface area contributed by atoms with E-state index in [1.807, 2.05) is 6.92 Å². The van der Waals surface area contributed by atoms with Gasteiger partial charge in [-0.05, 0) is 32.2 Å². The molecule has 1 fully saturated rings. The van der Waals surface area contributed by atoms with Crippen molar-refractivity contribution in [1.29, 1.82) is 0 Å². The van der Waals surface area contributed by atoms with E-state index < -0.39 is 0 Å². The summed E-state index contributed by atoms with van der Waals surface area (Å²) in [7, 11) is 0. The molecule has 0 spiro atoms. The predicted octanol–water partition coefficient (Wildman–Crippen LogP) is 2.36. The molecular weight excluding hydrogens is 420 g/mol. The van der Waals surface area contributed by atoms with Crippen LogP contribution in [0.3, 0.4) is 0 Å². The Morgan fingerprint density at radius 1 is 0.697 bits per heavy atom. The Hall–Kier alpha value is -1.51. The second-order valence-corrected chi connectivity index (χ2v) is 8.91. The van der Waals surface area contributed by atoms with Gasteiger partial charge >= 0.3 is 0 Å². The monoisotopic (exact) mass is 468 g/mol. The smallest absolute Gasteiger partial charge is 0.220 e. The van der Waals surface area contributed by atoms with Crippen molar-refractivity contribution in [3.8, 4) is 0 Å². The molecule has 2 N–H and O–H groups in total. The molecule has 1 rings (SSSR count). The topological polar surface area (TPSA) is 91.0 Å². The van der Waals surface area contributed by atoms with E-state index in [2.05, 4.69) is 27.4 Å². The average molecular weight is 469 g/mol. The first-order chi connectivity index (χ1) is 16.0. The summed E-state index contributed by atoms with van der Waals surface area (Å²) in [6.45, 7) is 12.9. The van der Waals surface area contributed by atoms with Crippen LogP contribution in [0.4, 0.5) is 0 Å². The maximum absolute atomic E-state index is 12.0. The summed E-state index contributed by atoms with van der Waals surface area (Å²) in [5, 5.41) is 5.89. The number of hydrogen-bond acceptors (Lipinski definition) is 6. The molecule has 0 bridgehead atoms. The first-order valence-electron chi connectivity index (χ1n) is 13.1. The Morgan fingerprint density at radius 2 is 1.33 bits per heavy atom. The average Bonchev–Trinajstić information content (AvgIpc) is 2.82. The van der Waals surface area contributed by atoms with Gasteiger partial charge in [-0.25, -0.2) is 0 Å². The fourth-order valence-corrected chi connectivity index (χ4v) is 3.78. The number of ketones is 1. The lowest BCUT2D eigenvalue weighted by Crippen LogP contribution is -2.48. The van der Waals surface area contributed by atoms with E-state index in [1.54, 1.807) is 0 Å². The van der Waals surface area contributed by atoms with Crippen LogP contribution in [0.5, 0.6) is 0 Å². The molecule has 2 amide bonds. The van der Waals surface area contributed by atoms with Gasteiger partial charge in [0.1, 0.15) is 5.78 Å². The largest absolute Gasteiger partial charge is 0.381 e. The van der Waals surface area contributed by atoms with Crippen LogP contribution >= 0.6 is 0 Å². The molecule has 192 valence electrons. The minimum absolute atomic E-state index is 0.0358. The van der Waals surface area contributed by atoms with Crippen LogP contribution < -0.4 is 10.6 Å². The molecule has 0 saturated carbocycles. The lowest BCUT2D eigenvalue weighted by atomic mass is 10.2. The van der Waals surface area contributed by atoms with Gasteiger partial charge in [-0.2, -0.15) is 0 Å². The number of Topliss-reactive ketones (excluding diaryl/α,β-unsaturated/α-hetero) is 1. The fraction of sp³-hybridized carbons (Fsp3) is 0.880. The van der Waals surface area contributed by atoms with Gasteiger partial charge in [-0.15, -0.1) is 0 Å². The van der Waals surface area contributed by atoms with Crippen LogP contribution in [0.1, 0.15) is 78.1 Å². The van der Waals surface area contributed by atoms with Gasteiger partial charge in [0.25, 0.3) is 0 Å². The van der Waals surface area contributed by atoms with Crippen LogP contribution in [-0.4, -0.2) is 93.0 Å². The molecule has 1 saturated heterocycles. The zero-order valence-electron chi connectivity index (χ0n) is 21.2. The number of nitrogens with one attached hydrogen (secondary N) is 2. The van der Waals surface area contributed by atoms with Gasteiger partial charge < -0.3 is 20.3 Å². The minimum Gasteiger partial charge on any atom is -0.381 e. The van der Waals surface area contributed by atoms with Crippen LogP contribution in [0.15, 0.2) is 0 Å². The van der Waals surface area contributed by atoms with E-state index in [9.17, 15) is 14.4 Å². The summed E-state index contributed by atoms with van der Waals surface area (Å²) in [6.07, 6.45) is 8.03. The standard InChI is InChI=1S/C25H48N4O4/c1-3-5-6-13-26-24(31)10-9-11-25(32)27-14-16-29-19-17-28(18-20-29)15-7-8-21-33-22-12-23(30)4-2/h3-22H2,1-2H3,(H,26,31)(H,27,32). The van der Waals surface area contributed by atoms with Crippen LogP contribution in [0.2, 0.25) is 0 Å². The van der Waals surface area contributed by atoms with Gasteiger partial charge in [0.05, 0.1) is 6.61 Å². The predicted molar refractivity (Wildman–Crippen MR) is 132 cm³/mol. The van der Waals surface area contributed by atoms with Crippen molar-refractivity contribution in [3.63, 3.8) is 0 Å². The first kappa shape index (κ1) is 29.5. The molecule has 1 aliphatic rings. The molecule has 33 heavy (non-hydrogen) atoms. The summed E-state index contributed by atoms with van der Waals surface area (Å²) >= 11 is 0. The second-order valence-electron chi connectivity index (χ2n) is 8.91. The molecular formula is C25H48N4O4. The molecule has 1 aliphatic heterocycles. The Balaban J connectivity index is 1.93. The van der Waals surface area contributed by atoms with Crippen molar-refractivity contribution in [2.75, 3.05) is 65.6 Å². The Kier molecular flexibility index (Phi) is 17.8. The van der Waals surface area contributed by atoms with Crippen LogP contribution in [0.25, 0.3) is 0 Å². The number of carbonyl (C=O) groups is 3. The van der Waals surface area contributed by atoms with Crippen molar-refractivity contribution in [3.05, 3.63) is 0 Å². The first-order valence-corrected chi connectivity index (χ1v) is 13.1. The van der Waals surface area contributed by atoms with Gasteiger partial charge in [-0.1, -0.05) is 26.7 Å². The maximum Gasteiger partial charge on any atom is 0.220 e. The number of unbranched alkanes of at least 4 members (excludes halogenated alkanes) is 3. The normalized spacial score (nSPS) is 14.8. The molecule has 1 heterocycles. The van der Waals surface area contributed by atoms with Crippen molar-refractivity contribution in [1.82, 2.24) is 20.4 Å². The number of amides is 2. The fourth-order valence-electron chi connectivity index (χ4n) is 3.78. The van der Waals surface area contributed by atoms with Gasteiger partial charge in [0.2, 0.25) is 11.8 Å². The quantitative estimate of drug-likeness (QED) is 0.267. The van der Waals surface area contributed by atoms with E-state index in [4.69, 9.17) is 4.74 Å². The highest BCUT2D eigenvalue weighted by Crippen LogP contribution is 2.04. The number of carbonyl (C=O) groups excluding carboxylic acids is 3. The van der Waals surface area contributed by atoms with Crippen LogP contribution in [0, 0.1) is 0 Å². The summed E-state index contributed by atoms with van der Waals surface area (Å²) in [4.78, 5) is 39.8. The zero-order valence-corrected chi connectivity index (χ0v) is 21.2. The van der Waals surface area contributed by atoms with Crippen molar-refractivity contribution < 1.29 is 19.1 Å². The highest BCUT2D eigenvalue weighted by atomic mass is 16.5. The number of nitrogens with zero attached hydrogens (tertiary/aromatic N) is 2. The second kappa shape index (κ2) is 19.9. The number of rotatable bonds is 20. The minimum atomic E-state index is 0.0358. The molecule has 0 aromatic carbocycles. The molecule has 0 aromatic rings. The molecule has 0 aliphatic carbocycles. The molecule has 0 radical (unpaired) electrons. The van der Waals surface area contributed by atoms with E-state index in [0.29, 0.717) is 45.3 Å². The lowest BCUT2D eigenvalue weighted by molar-refractivity contribution is -0.122. The third kappa shape index (κ3) is 16.7. The molecule has 0 unspecified atom stereocenters. The van der Waals surface area contributed by atoms with E-state index in [0.717, 1.165) is 84.5 Å². The summed E-state index contributed by atoms with van der Waals surface area (Å²) < 4.78 is 5.53. The highest BCUT2D eigenvalue weighted by molar-refractivity contribution is 5.79. The summed E-state index contributed by atoms with van der Waals surface area (Å²) in [6, 6.07) is 0. The molecule has 0 aromatic heterocycles.